The monoisotopic (exact) mass is 308 g/mol. The van der Waals surface area contributed by atoms with Gasteiger partial charge >= 0.3 is 0 Å². The van der Waals surface area contributed by atoms with Gasteiger partial charge in [0, 0.05) is 0 Å². The van der Waals surface area contributed by atoms with Gasteiger partial charge < -0.3 is 0 Å². The fourth-order valence-corrected chi connectivity index (χ4v) is 3.25. The average Bonchev–Trinajstić information content (AvgIpc) is 2.63. The van der Waals surface area contributed by atoms with Crippen LogP contribution in [0.2, 0.25) is 0 Å². The molecule has 0 fully saturated rings. The predicted octanol–water partition coefficient (Wildman–Crippen LogP) is 6.41. The molecule has 0 heterocycles. The quantitative estimate of drug-likeness (QED) is 0.410. The minimum Gasteiger partial charge on any atom is -0.0622 e. The Hall–Kier alpha value is -2.86. The summed E-state index contributed by atoms with van der Waals surface area (Å²) in [5.74, 6) is 0. The molecule has 24 heavy (non-hydrogen) atoms. The van der Waals surface area contributed by atoms with E-state index in [0.29, 0.717) is 0 Å². The lowest BCUT2D eigenvalue weighted by Crippen LogP contribution is -1.93. The molecule has 0 aromatic heterocycles. The van der Waals surface area contributed by atoms with Crippen LogP contribution in [-0.4, -0.2) is 0 Å². The third kappa shape index (κ3) is 2.96. The summed E-state index contributed by atoms with van der Waals surface area (Å²) in [7, 11) is 0. The first-order chi connectivity index (χ1) is 11.8. The summed E-state index contributed by atoms with van der Waals surface area (Å²) in [5, 5.41) is 2.60. The van der Waals surface area contributed by atoms with Gasteiger partial charge in [0.15, 0.2) is 0 Å². The van der Waals surface area contributed by atoms with Gasteiger partial charge in [-0.25, -0.2) is 0 Å². The molecule has 4 rings (SSSR count). The van der Waals surface area contributed by atoms with Crippen molar-refractivity contribution in [2.75, 3.05) is 0 Å². The van der Waals surface area contributed by atoms with Gasteiger partial charge in [0.25, 0.3) is 0 Å². The highest BCUT2D eigenvalue weighted by atomic mass is 14.1. The highest BCUT2D eigenvalue weighted by molar-refractivity contribution is 5.89. The van der Waals surface area contributed by atoms with E-state index in [4.69, 9.17) is 0 Å². The Morgan fingerprint density at radius 2 is 1.25 bits per heavy atom. The minimum absolute atomic E-state index is 0.953. The van der Waals surface area contributed by atoms with E-state index in [9.17, 15) is 0 Å². The van der Waals surface area contributed by atoms with Crippen molar-refractivity contribution in [2.45, 2.75) is 13.3 Å². The van der Waals surface area contributed by atoms with E-state index in [1.165, 1.54) is 38.6 Å². The molecule has 0 bridgehead atoms. The summed E-state index contributed by atoms with van der Waals surface area (Å²) in [5.41, 5.74) is 6.64. The second-order valence-electron chi connectivity index (χ2n) is 6.38. The van der Waals surface area contributed by atoms with E-state index >= 15 is 0 Å². The molecule has 0 spiro atoms. The van der Waals surface area contributed by atoms with E-state index in [2.05, 4.69) is 97.9 Å². The third-order valence-corrected chi connectivity index (χ3v) is 4.57. The number of benzene rings is 4. The Morgan fingerprint density at radius 3 is 1.96 bits per heavy atom. The Labute approximate surface area is 143 Å². The Kier molecular flexibility index (Phi) is 3.88. The van der Waals surface area contributed by atoms with E-state index in [0.717, 1.165) is 6.42 Å². The zero-order valence-corrected chi connectivity index (χ0v) is 13.9. The molecule has 4 aromatic rings. The Bertz CT molecular complexity index is 964. The zero-order valence-electron chi connectivity index (χ0n) is 13.9. The van der Waals surface area contributed by atoms with Crippen LogP contribution in [0.3, 0.4) is 0 Å². The smallest absolute Gasteiger partial charge is 0.00194 e. The van der Waals surface area contributed by atoms with Crippen molar-refractivity contribution in [3.05, 3.63) is 108 Å². The lowest BCUT2D eigenvalue weighted by molar-refractivity contribution is 1.20. The molecule has 0 atom stereocenters. The fraction of sp³-hybridized carbons (Fsp3) is 0.0833. The highest BCUT2D eigenvalue weighted by Crippen LogP contribution is 2.30. The molecule has 0 radical (unpaired) electrons. The molecule has 116 valence electrons. The maximum Gasteiger partial charge on any atom is -0.00194 e. The van der Waals surface area contributed by atoms with Gasteiger partial charge in [0.05, 0.1) is 0 Å². The largest absolute Gasteiger partial charge is 0.0622 e. The van der Waals surface area contributed by atoms with Crippen LogP contribution in [0.15, 0.2) is 91.0 Å². The average molecular weight is 308 g/mol. The highest BCUT2D eigenvalue weighted by Gasteiger charge is 2.08. The van der Waals surface area contributed by atoms with Crippen LogP contribution in [0.4, 0.5) is 0 Å². The molecule has 0 saturated carbocycles. The number of aryl methyl sites for hydroxylation is 1. The summed E-state index contributed by atoms with van der Waals surface area (Å²) in [4.78, 5) is 0. The second-order valence-corrected chi connectivity index (χ2v) is 6.38. The Balaban J connectivity index is 1.88. The first kappa shape index (κ1) is 14.7. The molecular weight excluding hydrogens is 288 g/mol. The van der Waals surface area contributed by atoms with Crippen LogP contribution < -0.4 is 0 Å². The van der Waals surface area contributed by atoms with Crippen LogP contribution in [0.5, 0.6) is 0 Å². The van der Waals surface area contributed by atoms with Crippen molar-refractivity contribution in [1.82, 2.24) is 0 Å². The van der Waals surface area contributed by atoms with Crippen molar-refractivity contribution in [3.63, 3.8) is 0 Å². The van der Waals surface area contributed by atoms with Crippen molar-refractivity contribution in [1.29, 1.82) is 0 Å². The first-order valence-electron chi connectivity index (χ1n) is 8.42. The molecule has 0 amide bonds. The van der Waals surface area contributed by atoms with Gasteiger partial charge in [0.1, 0.15) is 0 Å². The molecule has 0 aliphatic rings. The fourth-order valence-electron chi connectivity index (χ4n) is 3.25. The lowest BCUT2D eigenvalue weighted by Gasteiger charge is -2.13. The molecule has 0 saturated heterocycles. The number of rotatable bonds is 3. The molecule has 0 nitrogen and oxygen atoms in total. The van der Waals surface area contributed by atoms with Crippen molar-refractivity contribution < 1.29 is 0 Å². The minimum atomic E-state index is 0.953. The number of hydrogen-bond donors (Lipinski definition) is 0. The van der Waals surface area contributed by atoms with Gasteiger partial charge in [-0.1, -0.05) is 90.5 Å². The van der Waals surface area contributed by atoms with E-state index in [-0.39, 0.29) is 0 Å². The maximum atomic E-state index is 2.34. The van der Waals surface area contributed by atoms with Gasteiger partial charge in [-0.15, -0.1) is 0 Å². The number of fused-ring (bicyclic) bond motifs is 1. The van der Waals surface area contributed by atoms with Gasteiger partial charge in [-0.3, -0.25) is 0 Å². The van der Waals surface area contributed by atoms with Crippen molar-refractivity contribution >= 4 is 10.8 Å². The van der Waals surface area contributed by atoms with Crippen molar-refractivity contribution in [3.8, 4) is 11.1 Å². The van der Waals surface area contributed by atoms with Crippen LogP contribution >= 0.6 is 0 Å². The zero-order chi connectivity index (χ0) is 16.4. The Morgan fingerprint density at radius 1 is 0.625 bits per heavy atom. The molecule has 0 heteroatoms. The molecule has 0 aliphatic carbocycles. The summed E-state index contributed by atoms with van der Waals surface area (Å²) in [6.07, 6.45) is 0.953. The second kappa shape index (κ2) is 6.33. The van der Waals surface area contributed by atoms with Crippen LogP contribution in [0.25, 0.3) is 21.9 Å². The molecular formula is C24H20. The summed E-state index contributed by atoms with van der Waals surface area (Å²) in [6.45, 7) is 2.13. The van der Waals surface area contributed by atoms with Crippen LogP contribution in [-0.2, 0) is 6.42 Å². The van der Waals surface area contributed by atoms with Gasteiger partial charge in [-0.2, -0.15) is 0 Å². The summed E-state index contributed by atoms with van der Waals surface area (Å²) >= 11 is 0. The van der Waals surface area contributed by atoms with E-state index < -0.39 is 0 Å². The number of hydrogen-bond acceptors (Lipinski definition) is 0. The maximum absolute atomic E-state index is 2.34. The van der Waals surface area contributed by atoms with Crippen LogP contribution in [0.1, 0.15) is 16.7 Å². The third-order valence-electron chi connectivity index (χ3n) is 4.57. The topological polar surface area (TPSA) is 0 Å². The van der Waals surface area contributed by atoms with Crippen LogP contribution in [0, 0.1) is 6.92 Å². The van der Waals surface area contributed by atoms with E-state index in [1.807, 2.05) is 0 Å². The summed E-state index contributed by atoms with van der Waals surface area (Å²) < 4.78 is 0. The lowest BCUT2D eigenvalue weighted by atomic mass is 9.91. The molecule has 0 N–H and O–H groups in total. The van der Waals surface area contributed by atoms with Gasteiger partial charge in [0.2, 0.25) is 0 Å². The van der Waals surface area contributed by atoms with E-state index in [1.54, 1.807) is 0 Å². The predicted molar refractivity (Wildman–Crippen MR) is 103 cm³/mol. The first-order valence-corrected chi connectivity index (χ1v) is 8.42. The SMILES string of the molecule is Cc1ccc(-c2cc3ccccc3cc2Cc2ccccc2)cc1. The summed E-state index contributed by atoms with van der Waals surface area (Å²) in [6, 6.07) is 32.8. The molecule has 4 aromatic carbocycles. The molecule has 0 unspecified atom stereocenters. The standard InChI is InChI=1S/C24H20/c1-18-11-13-20(14-12-18)24-17-22-10-6-5-9-21(22)16-23(24)15-19-7-3-2-4-8-19/h2-14,16-17H,15H2,1H3. The van der Waals surface area contributed by atoms with Crippen molar-refractivity contribution in [2.24, 2.45) is 0 Å². The van der Waals surface area contributed by atoms with Gasteiger partial charge in [-0.05, 0) is 52.4 Å². The normalized spacial score (nSPS) is 10.9. The molecule has 0 aliphatic heterocycles.